The Hall–Kier alpha value is -1.65. The summed E-state index contributed by atoms with van der Waals surface area (Å²) in [5.41, 5.74) is -0.318. The summed E-state index contributed by atoms with van der Waals surface area (Å²) >= 11 is 0. The van der Waals surface area contributed by atoms with Crippen molar-refractivity contribution in [2.45, 2.75) is 25.8 Å². The summed E-state index contributed by atoms with van der Waals surface area (Å²) in [6.45, 7) is 1.90. The van der Waals surface area contributed by atoms with E-state index in [1.165, 1.54) is 16.8 Å². The minimum Gasteiger partial charge on any atom is -0.476 e. The Morgan fingerprint density at radius 2 is 2.27 bits per heavy atom. The van der Waals surface area contributed by atoms with Crippen molar-refractivity contribution in [1.82, 2.24) is 9.78 Å². The number of hydrogen-bond acceptors (Lipinski definition) is 3. The molecular formula is C10H12N2O3. The van der Waals surface area contributed by atoms with Crippen molar-refractivity contribution < 1.29 is 9.90 Å². The highest BCUT2D eigenvalue weighted by Gasteiger charge is 2.30. The zero-order valence-electron chi connectivity index (χ0n) is 8.38. The van der Waals surface area contributed by atoms with Gasteiger partial charge in [0.1, 0.15) is 0 Å². The highest BCUT2D eigenvalue weighted by Crippen LogP contribution is 2.38. The summed E-state index contributed by atoms with van der Waals surface area (Å²) in [5.74, 6) is -0.633. The van der Waals surface area contributed by atoms with Crippen LogP contribution in [0.2, 0.25) is 0 Å². The normalized spacial score (nSPS) is 17.4. The van der Waals surface area contributed by atoms with Gasteiger partial charge in [-0.3, -0.25) is 4.79 Å². The lowest BCUT2D eigenvalue weighted by Crippen LogP contribution is -2.28. The van der Waals surface area contributed by atoms with Gasteiger partial charge in [0.2, 0.25) is 0 Å². The molecular weight excluding hydrogens is 196 g/mol. The lowest BCUT2D eigenvalue weighted by Gasteiger charge is -2.12. The summed E-state index contributed by atoms with van der Waals surface area (Å²) in [7, 11) is 0. The van der Waals surface area contributed by atoms with E-state index in [9.17, 15) is 9.59 Å². The van der Waals surface area contributed by atoms with Crippen molar-refractivity contribution in [3.05, 3.63) is 28.2 Å². The quantitative estimate of drug-likeness (QED) is 0.801. The van der Waals surface area contributed by atoms with E-state index in [4.69, 9.17) is 5.11 Å². The molecule has 0 bridgehead atoms. The fourth-order valence-corrected chi connectivity index (χ4v) is 1.61. The second-order valence-corrected chi connectivity index (χ2v) is 3.88. The number of carboxylic acids is 1. The van der Waals surface area contributed by atoms with Gasteiger partial charge in [-0.15, -0.1) is 0 Å². The van der Waals surface area contributed by atoms with E-state index >= 15 is 0 Å². The summed E-state index contributed by atoms with van der Waals surface area (Å²) < 4.78 is 1.28. The summed E-state index contributed by atoms with van der Waals surface area (Å²) in [6.07, 6.45) is 2.18. The fraction of sp³-hybridized carbons (Fsp3) is 0.500. The van der Waals surface area contributed by atoms with Crippen LogP contribution >= 0.6 is 0 Å². The Morgan fingerprint density at radius 1 is 1.60 bits per heavy atom. The molecule has 0 spiro atoms. The Morgan fingerprint density at radius 3 is 2.80 bits per heavy atom. The Balaban J connectivity index is 2.39. The molecule has 1 aliphatic rings. The topological polar surface area (TPSA) is 72.2 Å². The van der Waals surface area contributed by atoms with Crippen LogP contribution in [0, 0.1) is 5.92 Å². The monoisotopic (exact) mass is 208 g/mol. The Bertz CT molecular complexity index is 448. The van der Waals surface area contributed by atoms with Crippen molar-refractivity contribution in [3.8, 4) is 0 Å². The maximum absolute atomic E-state index is 11.5. The predicted octanol–water partition coefficient (Wildman–Crippen LogP) is 0.913. The Kier molecular flexibility index (Phi) is 2.30. The molecule has 0 amide bonds. The fourth-order valence-electron chi connectivity index (χ4n) is 1.61. The standard InChI is InChI=1S/C10H12N2O3/c1-6(7-2-3-7)12-9(13)5-4-8(11-12)10(14)15/h4-7H,2-3H2,1H3,(H,14,15). The van der Waals surface area contributed by atoms with E-state index in [2.05, 4.69) is 5.10 Å². The molecule has 1 saturated carbocycles. The summed E-state index contributed by atoms with van der Waals surface area (Å²) in [6, 6.07) is 2.49. The molecule has 1 heterocycles. The van der Waals surface area contributed by atoms with Crippen molar-refractivity contribution >= 4 is 5.97 Å². The smallest absolute Gasteiger partial charge is 0.356 e. The van der Waals surface area contributed by atoms with Crippen LogP contribution in [-0.4, -0.2) is 20.9 Å². The number of rotatable bonds is 3. The first-order valence-electron chi connectivity index (χ1n) is 4.93. The summed E-state index contributed by atoms with van der Waals surface area (Å²) in [4.78, 5) is 22.2. The van der Waals surface area contributed by atoms with E-state index in [-0.39, 0.29) is 17.3 Å². The molecule has 1 atom stereocenters. The van der Waals surface area contributed by atoms with Crippen LogP contribution in [0.25, 0.3) is 0 Å². The van der Waals surface area contributed by atoms with E-state index in [1.807, 2.05) is 6.92 Å². The van der Waals surface area contributed by atoms with E-state index in [1.54, 1.807) is 0 Å². The highest BCUT2D eigenvalue weighted by atomic mass is 16.4. The summed E-state index contributed by atoms with van der Waals surface area (Å²) in [5, 5.41) is 12.6. The lowest BCUT2D eigenvalue weighted by atomic mass is 10.2. The Labute approximate surface area is 86.4 Å². The molecule has 5 heteroatoms. The van der Waals surface area contributed by atoms with Crippen molar-refractivity contribution in [1.29, 1.82) is 0 Å². The zero-order valence-corrected chi connectivity index (χ0v) is 8.38. The molecule has 1 aromatic heterocycles. The third-order valence-corrected chi connectivity index (χ3v) is 2.73. The van der Waals surface area contributed by atoms with E-state index in [0.717, 1.165) is 12.8 Å². The van der Waals surface area contributed by atoms with E-state index < -0.39 is 5.97 Å². The number of aromatic nitrogens is 2. The third kappa shape index (κ3) is 1.91. The van der Waals surface area contributed by atoms with Crippen LogP contribution in [0.15, 0.2) is 16.9 Å². The molecule has 0 aromatic carbocycles. The first kappa shape index (κ1) is 9.89. The number of aromatic carboxylic acids is 1. The number of carboxylic acid groups (broad SMARTS) is 1. The average Bonchev–Trinajstić information content (AvgIpc) is 3.00. The molecule has 0 aliphatic heterocycles. The van der Waals surface area contributed by atoms with Gasteiger partial charge in [-0.1, -0.05) is 0 Å². The van der Waals surface area contributed by atoms with Gasteiger partial charge in [-0.25, -0.2) is 9.48 Å². The van der Waals surface area contributed by atoms with Gasteiger partial charge < -0.3 is 5.11 Å². The molecule has 15 heavy (non-hydrogen) atoms. The van der Waals surface area contributed by atoms with Crippen LogP contribution in [0.3, 0.4) is 0 Å². The van der Waals surface area contributed by atoms with Gasteiger partial charge in [0.15, 0.2) is 5.69 Å². The van der Waals surface area contributed by atoms with Crippen LogP contribution in [-0.2, 0) is 0 Å². The maximum atomic E-state index is 11.5. The number of carbonyl (C=O) groups is 1. The highest BCUT2D eigenvalue weighted by molar-refractivity contribution is 5.84. The van der Waals surface area contributed by atoms with Gasteiger partial charge in [0.25, 0.3) is 5.56 Å². The molecule has 1 N–H and O–H groups in total. The molecule has 1 unspecified atom stereocenters. The number of nitrogens with zero attached hydrogens (tertiary/aromatic N) is 2. The predicted molar refractivity (Wildman–Crippen MR) is 52.9 cm³/mol. The molecule has 2 rings (SSSR count). The third-order valence-electron chi connectivity index (χ3n) is 2.73. The van der Waals surface area contributed by atoms with E-state index in [0.29, 0.717) is 5.92 Å². The molecule has 1 aliphatic carbocycles. The van der Waals surface area contributed by atoms with Gasteiger partial charge in [-0.05, 0) is 31.7 Å². The molecule has 0 saturated heterocycles. The zero-order chi connectivity index (χ0) is 11.0. The minimum absolute atomic E-state index is 0.00296. The van der Waals surface area contributed by atoms with Crippen LogP contribution in [0.4, 0.5) is 0 Å². The SMILES string of the molecule is CC(C1CC1)n1nc(C(=O)O)ccc1=O. The maximum Gasteiger partial charge on any atom is 0.356 e. The van der Waals surface area contributed by atoms with Gasteiger partial charge >= 0.3 is 5.97 Å². The van der Waals surface area contributed by atoms with Gasteiger partial charge in [0.05, 0.1) is 6.04 Å². The van der Waals surface area contributed by atoms with Gasteiger partial charge in [-0.2, -0.15) is 5.10 Å². The molecule has 1 fully saturated rings. The van der Waals surface area contributed by atoms with Crippen molar-refractivity contribution in [3.63, 3.8) is 0 Å². The first-order chi connectivity index (χ1) is 7.09. The van der Waals surface area contributed by atoms with Gasteiger partial charge in [0, 0.05) is 6.07 Å². The number of hydrogen-bond donors (Lipinski definition) is 1. The largest absolute Gasteiger partial charge is 0.476 e. The first-order valence-corrected chi connectivity index (χ1v) is 4.93. The minimum atomic E-state index is -1.10. The van der Waals surface area contributed by atoms with Crippen LogP contribution < -0.4 is 5.56 Å². The molecule has 5 nitrogen and oxygen atoms in total. The van der Waals surface area contributed by atoms with Crippen LogP contribution in [0.1, 0.15) is 36.3 Å². The molecule has 1 aromatic rings. The average molecular weight is 208 g/mol. The van der Waals surface area contributed by atoms with Crippen molar-refractivity contribution in [2.75, 3.05) is 0 Å². The molecule has 80 valence electrons. The second-order valence-electron chi connectivity index (χ2n) is 3.88. The molecule has 0 radical (unpaired) electrons. The second kappa shape index (κ2) is 3.49. The van der Waals surface area contributed by atoms with Crippen LogP contribution in [0.5, 0.6) is 0 Å². The van der Waals surface area contributed by atoms with Crippen molar-refractivity contribution in [2.24, 2.45) is 5.92 Å². The lowest BCUT2D eigenvalue weighted by molar-refractivity contribution is 0.0686.